The van der Waals surface area contributed by atoms with Crippen LogP contribution in [0.1, 0.15) is 49.1 Å². The Morgan fingerprint density at radius 3 is 2.14 bits per heavy atom. The highest BCUT2D eigenvalue weighted by Crippen LogP contribution is 2.44. The van der Waals surface area contributed by atoms with Crippen LogP contribution in [-0.4, -0.2) is 16.8 Å². The summed E-state index contributed by atoms with van der Waals surface area (Å²) in [6.45, 7) is 8.15. The number of carbonyl (C=O) groups excluding carboxylic acids is 2. The SMILES string of the molecule is Cc1ccc(Cl)cc1N1C(=O)C(=O)/C(=C(/O)c2ccc(Cl)c(Cl)c2)C1c1ccc(C(C)(C)C)cc1. The number of Topliss-reactive ketones (excluding diaryl/α,β-unsaturated/α-hetero) is 1. The van der Waals surface area contributed by atoms with Crippen molar-refractivity contribution in [2.45, 2.75) is 39.2 Å². The molecule has 3 aromatic rings. The number of hydrogen-bond donors (Lipinski definition) is 1. The first-order valence-electron chi connectivity index (χ1n) is 11.0. The molecule has 1 heterocycles. The molecule has 3 aromatic carbocycles. The first-order chi connectivity index (χ1) is 16.4. The number of nitrogens with zero attached hydrogens (tertiary/aromatic N) is 1. The summed E-state index contributed by atoms with van der Waals surface area (Å²) in [5, 5.41) is 12.2. The molecule has 1 N–H and O–H groups in total. The third-order valence-corrected chi connectivity index (χ3v) is 7.13. The van der Waals surface area contributed by atoms with Gasteiger partial charge in [-0.05, 0) is 59.4 Å². The summed E-state index contributed by atoms with van der Waals surface area (Å²) in [6.07, 6.45) is 0. The largest absolute Gasteiger partial charge is 0.507 e. The molecule has 7 heteroatoms. The molecule has 0 aliphatic carbocycles. The number of amides is 1. The molecule has 1 fully saturated rings. The molecule has 0 aromatic heterocycles. The van der Waals surface area contributed by atoms with Gasteiger partial charge >= 0.3 is 0 Å². The predicted molar refractivity (Wildman–Crippen MR) is 143 cm³/mol. The standard InChI is InChI=1S/C28H24Cl3NO3/c1-15-5-11-19(29)14-22(15)32-24(16-6-9-18(10-7-16)28(2,3)4)23(26(34)27(32)35)25(33)17-8-12-20(30)21(31)13-17/h5-14,24,33H,1-4H3/b25-23+. The third-order valence-electron chi connectivity index (χ3n) is 6.16. The lowest BCUT2D eigenvalue weighted by atomic mass is 9.85. The van der Waals surface area contributed by atoms with Crippen LogP contribution in [0.2, 0.25) is 15.1 Å². The van der Waals surface area contributed by atoms with Crippen LogP contribution in [0.4, 0.5) is 5.69 Å². The van der Waals surface area contributed by atoms with E-state index in [9.17, 15) is 14.7 Å². The Morgan fingerprint density at radius 1 is 0.886 bits per heavy atom. The van der Waals surface area contributed by atoms with Gasteiger partial charge in [-0.1, -0.05) is 85.9 Å². The topological polar surface area (TPSA) is 57.6 Å². The van der Waals surface area contributed by atoms with Crippen molar-refractivity contribution in [2.24, 2.45) is 0 Å². The second-order valence-electron chi connectivity index (χ2n) is 9.60. The van der Waals surface area contributed by atoms with Gasteiger partial charge in [0.25, 0.3) is 11.7 Å². The van der Waals surface area contributed by atoms with Gasteiger partial charge in [-0.25, -0.2) is 0 Å². The zero-order valence-electron chi connectivity index (χ0n) is 19.7. The van der Waals surface area contributed by atoms with Gasteiger partial charge in [0.2, 0.25) is 0 Å². The molecule has 1 saturated heterocycles. The van der Waals surface area contributed by atoms with Crippen molar-refractivity contribution in [3.63, 3.8) is 0 Å². The molecule has 180 valence electrons. The lowest BCUT2D eigenvalue weighted by Gasteiger charge is -2.28. The quantitative estimate of drug-likeness (QED) is 0.214. The summed E-state index contributed by atoms with van der Waals surface area (Å²) < 4.78 is 0. The van der Waals surface area contributed by atoms with Crippen LogP contribution in [0.3, 0.4) is 0 Å². The van der Waals surface area contributed by atoms with Gasteiger partial charge in [-0.15, -0.1) is 0 Å². The zero-order valence-corrected chi connectivity index (χ0v) is 22.0. The second kappa shape index (κ2) is 9.34. The number of aryl methyl sites for hydroxylation is 1. The number of halogens is 3. The minimum atomic E-state index is -0.865. The number of carbonyl (C=O) groups is 2. The molecule has 1 aliphatic heterocycles. The maximum absolute atomic E-state index is 13.4. The fourth-order valence-corrected chi connectivity index (χ4v) is 4.67. The highest BCUT2D eigenvalue weighted by Gasteiger charge is 2.47. The maximum Gasteiger partial charge on any atom is 0.300 e. The first kappa shape index (κ1) is 25.3. The number of benzene rings is 3. The number of aliphatic hydroxyl groups is 1. The molecule has 0 radical (unpaired) electrons. The lowest BCUT2D eigenvalue weighted by Crippen LogP contribution is -2.30. The summed E-state index contributed by atoms with van der Waals surface area (Å²) >= 11 is 18.5. The number of ketones is 1. The molecule has 1 atom stereocenters. The van der Waals surface area contributed by atoms with Crippen LogP contribution in [0.25, 0.3) is 5.76 Å². The van der Waals surface area contributed by atoms with Crippen molar-refractivity contribution in [1.82, 2.24) is 0 Å². The van der Waals surface area contributed by atoms with Crippen molar-refractivity contribution in [2.75, 3.05) is 4.90 Å². The van der Waals surface area contributed by atoms with Crippen LogP contribution >= 0.6 is 34.8 Å². The zero-order chi connectivity index (χ0) is 25.7. The van der Waals surface area contributed by atoms with Crippen molar-refractivity contribution in [1.29, 1.82) is 0 Å². The van der Waals surface area contributed by atoms with Crippen LogP contribution in [0.5, 0.6) is 0 Å². The Bertz CT molecular complexity index is 1370. The van der Waals surface area contributed by atoms with E-state index < -0.39 is 17.7 Å². The van der Waals surface area contributed by atoms with E-state index in [0.717, 1.165) is 11.1 Å². The molecule has 1 amide bonds. The van der Waals surface area contributed by atoms with Gasteiger partial charge in [-0.3, -0.25) is 14.5 Å². The minimum Gasteiger partial charge on any atom is -0.507 e. The van der Waals surface area contributed by atoms with Gasteiger partial charge in [0.15, 0.2) is 0 Å². The lowest BCUT2D eigenvalue weighted by molar-refractivity contribution is -0.132. The third kappa shape index (κ3) is 4.71. The van der Waals surface area contributed by atoms with Crippen molar-refractivity contribution in [3.8, 4) is 0 Å². The predicted octanol–water partition coefficient (Wildman–Crippen LogP) is 7.88. The van der Waals surface area contributed by atoms with Gasteiger partial charge in [0.05, 0.1) is 21.7 Å². The van der Waals surface area contributed by atoms with E-state index >= 15 is 0 Å². The summed E-state index contributed by atoms with van der Waals surface area (Å²) in [5.74, 6) is -1.87. The Kier molecular flexibility index (Phi) is 6.76. The van der Waals surface area contributed by atoms with E-state index in [-0.39, 0.29) is 27.3 Å². The number of aliphatic hydroxyl groups excluding tert-OH is 1. The van der Waals surface area contributed by atoms with E-state index in [4.69, 9.17) is 34.8 Å². The average molecular weight is 529 g/mol. The Balaban J connectivity index is 1.97. The van der Waals surface area contributed by atoms with Gasteiger partial charge in [0, 0.05) is 16.3 Å². The monoisotopic (exact) mass is 527 g/mol. The molecule has 1 unspecified atom stereocenters. The van der Waals surface area contributed by atoms with Crippen molar-refractivity contribution < 1.29 is 14.7 Å². The second-order valence-corrected chi connectivity index (χ2v) is 10.9. The Labute approximate surface area is 219 Å². The first-order valence-corrected chi connectivity index (χ1v) is 12.2. The molecule has 4 rings (SSSR count). The number of hydrogen-bond acceptors (Lipinski definition) is 3. The fourth-order valence-electron chi connectivity index (χ4n) is 4.20. The molecule has 35 heavy (non-hydrogen) atoms. The highest BCUT2D eigenvalue weighted by molar-refractivity contribution is 6.52. The molecule has 0 saturated carbocycles. The molecule has 1 aliphatic rings. The normalized spacial score (nSPS) is 17.8. The maximum atomic E-state index is 13.4. The van der Waals surface area contributed by atoms with Gasteiger partial charge < -0.3 is 5.11 Å². The van der Waals surface area contributed by atoms with Crippen molar-refractivity contribution in [3.05, 3.63) is 104 Å². The average Bonchev–Trinajstić information content (AvgIpc) is 3.06. The van der Waals surface area contributed by atoms with Gasteiger partial charge in [0.1, 0.15) is 5.76 Å². The Hall–Kier alpha value is -2.79. The number of anilines is 1. The highest BCUT2D eigenvalue weighted by atomic mass is 35.5. The summed E-state index contributed by atoms with van der Waals surface area (Å²) in [5.41, 5.74) is 3.22. The van der Waals surface area contributed by atoms with Crippen LogP contribution in [0, 0.1) is 6.92 Å². The van der Waals surface area contributed by atoms with Crippen LogP contribution in [0.15, 0.2) is 66.2 Å². The van der Waals surface area contributed by atoms with E-state index in [2.05, 4.69) is 20.8 Å². The van der Waals surface area contributed by atoms with Crippen LogP contribution in [-0.2, 0) is 15.0 Å². The van der Waals surface area contributed by atoms with E-state index in [0.29, 0.717) is 21.3 Å². The smallest absolute Gasteiger partial charge is 0.300 e. The molecular weight excluding hydrogens is 505 g/mol. The summed E-state index contributed by atoms with van der Waals surface area (Å²) in [7, 11) is 0. The summed E-state index contributed by atoms with van der Waals surface area (Å²) in [6, 6.07) is 16.6. The van der Waals surface area contributed by atoms with E-state index in [1.165, 1.54) is 17.0 Å². The van der Waals surface area contributed by atoms with Gasteiger partial charge in [-0.2, -0.15) is 0 Å². The molecule has 0 bridgehead atoms. The summed E-state index contributed by atoms with van der Waals surface area (Å²) in [4.78, 5) is 28.1. The Morgan fingerprint density at radius 2 is 1.54 bits per heavy atom. The molecule has 4 nitrogen and oxygen atoms in total. The van der Waals surface area contributed by atoms with Crippen molar-refractivity contribution >= 4 is 57.9 Å². The molecular formula is C28H24Cl3NO3. The molecule has 0 spiro atoms. The minimum absolute atomic E-state index is 0.0312. The van der Waals surface area contributed by atoms with E-state index in [1.54, 1.807) is 24.3 Å². The number of rotatable bonds is 3. The van der Waals surface area contributed by atoms with E-state index in [1.807, 2.05) is 31.2 Å². The fraction of sp³-hybridized carbons (Fsp3) is 0.214. The van der Waals surface area contributed by atoms with Crippen LogP contribution < -0.4 is 4.90 Å².